The molecule has 1 aromatic carbocycles. The molecule has 0 radical (unpaired) electrons. The van der Waals surface area contributed by atoms with Gasteiger partial charge in [-0.3, -0.25) is 0 Å². The summed E-state index contributed by atoms with van der Waals surface area (Å²) >= 11 is 0. The Morgan fingerprint density at radius 3 is 2.50 bits per heavy atom. The Labute approximate surface area is 77.1 Å². The van der Waals surface area contributed by atoms with Crippen molar-refractivity contribution in [1.82, 2.24) is 0 Å². The van der Waals surface area contributed by atoms with E-state index in [9.17, 15) is 0 Å². The van der Waals surface area contributed by atoms with Gasteiger partial charge in [0.15, 0.2) is 0 Å². The van der Waals surface area contributed by atoms with Crippen molar-refractivity contribution in [3.63, 3.8) is 0 Å². The van der Waals surface area contributed by atoms with Crippen molar-refractivity contribution in [2.75, 3.05) is 0 Å². The summed E-state index contributed by atoms with van der Waals surface area (Å²) in [5.41, 5.74) is 2.74. The molecule has 0 aliphatic rings. The van der Waals surface area contributed by atoms with E-state index in [0.717, 1.165) is 7.55 Å². The van der Waals surface area contributed by atoms with Gasteiger partial charge in [0.25, 0.3) is 0 Å². The fraction of sp³-hybridized carbons (Fsp3) is 0.111. The number of hydrogen-bond donors (Lipinski definition) is 0. The van der Waals surface area contributed by atoms with Gasteiger partial charge < -0.3 is 0 Å². The summed E-state index contributed by atoms with van der Waals surface area (Å²) in [5.74, 6) is 2.34. The van der Waals surface area contributed by atoms with E-state index in [0.29, 0.717) is 0 Å². The molecule has 0 aliphatic heterocycles. The van der Waals surface area contributed by atoms with Gasteiger partial charge in [0.05, 0.1) is 0 Å². The maximum atomic E-state index is 2.34. The van der Waals surface area contributed by atoms with Gasteiger partial charge in [0, 0.05) is 5.30 Å². The first-order valence-electron chi connectivity index (χ1n) is 3.79. The van der Waals surface area contributed by atoms with E-state index < -0.39 is 0 Å². The van der Waals surface area contributed by atoms with Crippen molar-refractivity contribution in [3.05, 3.63) is 35.6 Å². The molecule has 0 saturated carbocycles. The van der Waals surface area contributed by atoms with E-state index in [-0.39, 0.29) is 0 Å². The van der Waals surface area contributed by atoms with Crippen LogP contribution in [0.4, 0.5) is 0 Å². The predicted octanol–water partition coefficient (Wildman–Crippen LogP) is 4.85. The summed E-state index contributed by atoms with van der Waals surface area (Å²) in [5, 5.41) is 1.51. The lowest BCUT2D eigenvalue weighted by molar-refractivity contribution is 1.48. The largest absolute Gasteiger partial charge is 0.0812 e. The molecule has 0 nitrogen and oxygen atoms in total. The highest BCUT2D eigenvalue weighted by atomic mass is 32.1. The van der Waals surface area contributed by atoms with Crippen LogP contribution in [-0.2, 0) is 0 Å². The summed E-state index contributed by atoms with van der Waals surface area (Å²) < 4.78 is 0. The predicted molar refractivity (Wildman–Crippen MR) is 61.1 cm³/mol. The minimum Gasteiger partial charge on any atom is -0.0812 e. The van der Waals surface area contributed by atoms with Crippen LogP contribution in [0.1, 0.15) is 5.56 Å². The van der Waals surface area contributed by atoms with E-state index in [2.05, 4.69) is 37.0 Å². The first kappa shape index (κ1) is 8.46. The molecular formula is C9H9P3. The van der Waals surface area contributed by atoms with Crippen LogP contribution in [0.15, 0.2) is 30.1 Å². The van der Waals surface area contributed by atoms with Gasteiger partial charge >= 0.3 is 0 Å². The third-order valence-electron chi connectivity index (χ3n) is 1.76. The first-order valence-corrected chi connectivity index (χ1v) is 8.33. The minimum absolute atomic E-state index is 1.06. The molecule has 12 heavy (non-hydrogen) atoms. The molecule has 1 unspecified atom stereocenters. The van der Waals surface area contributed by atoms with Crippen LogP contribution in [0.5, 0.6) is 0 Å². The van der Waals surface area contributed by atoms with Crippen molar-refractivity contribution in [3.8, 4) is 10.9 Å². The second-order valence-electron chi connectivity index (χ2n) is 2.72. The summed E-state index contributed by atoms with van der Waals surface area (Å²) in [6, 6.07) is 8.81. The van der Waals surface area contributed by atoms with E-state index >= 15 is 0 Å². The summed E-state index contributed by atoms with van der Waals surface area (Å²) in [7, 11) is 4.08. The second kappa shape index (κ2) is 3.71. The van der Waals surface area contributed by atoms with Crippen LogP contribution >= 0.6 is 23.3 Å². The van der Waals surface area contributed by atoms with Crippen LogP contribution in [0.2, 0.25) is 0 Å². The highest BCUT2D eigenvalue weighted by Crippen LogP contribution is 2.42. The van der Waals surface area contributed by atoms with Gasteiger partial charge in [-0.25, -0.2) is 0 Å². The molecule has 1 heterocycles. The monoisotopic (exact) mass is 210 g/mol. The zero-order chi connectivity index (χ0) is 8.39. The molecular weight excluding hydrogens is 201 g/mol. The Morgan fingerprint density at radius 1 is 1.17 bits per heavy atom. The number of hydrogen-bond acceptors (Lipinski definition) is 0. The zero-order valence-corrected chi connectivity index (χ0v) is 9.57. The van der Waals surface area contributed by atoms with Crippen LogP contribution in [0.3, 0.4) is 0 Å². The van der Waals surface area contributed by atoms with Gasteiger partial charge in [-0.2, -0.15) is 0 Å². The Balaban J connectivity index is 2.43. The molecule has 0 bridgehead atoms. The van der Waals surface area contributed by atoms with E-state index in [1.54, 1.807) is 0 Å². The van der Waals surface area contributed by atoms with Crippen molar-refractivity contribution in [1.29, 1.82) is 0 Å². The van der Waals surface area contributed by atoms with E-state index in [1.165, 1.54) is 32.2 Å². The smallest absolute Gasteiger partial charge is 0.0179 e. The van der Waals surface area contributed by atoms with Crippen molar-refractivity contribution in [2.24, 2.45) is 0 Å². The van der Waals surface area contributed by atoms with Crippen LogP contribution < -0.4 is 0 Å². The van der Waals surface area contributed by atoms with Crippen LogP contribution in [0, 0.1) is 6.92 Å². The molecule has 0 aliphatic carbocycles. The molecule has 0 N–H and O–H groups in total. The summed E-state index contributed by atoms with van der Waals surface area (Å²) in [6.45, 7) is 2.13. The standard InChI is InChI=1S/C9H9P3/c1-7-2-4-8(5-3-7)9-6-10-12-11-9/h2-6,12H,1H3. The Bertz CT molecular complexity index is 348. The number of rotatable bonds is 1. The molecule has 0 saturated heterocycles. The molecule has 2 rings (SSSR count). The highest BCUT2D eigenvalue weighted by Gasteiger charge is 1.95. The second-order valence-corrected chi connectivity index (χ2v) is 7.99. The van der Waals surface area contributed by atoms with E-state index in [4.69, 9.17) is 0 Å². The molecule has 3 heteroatoms. The minimum atomic E-state index is 1.06. The molecule has 1 aromatic heterocycles. The molecule has 1 atom stereocenters. The molecule has 0 amide bonds. The highest BCUT2D eigenvalue weighted by molar-refractivity contribution is 8.17. The topological polar surface area (TPSA) is 0 Å². The summed E-state index contributed by atoms with van der Waals surface area (Å²) in [6.07, 6.45) is 0. The van der Waals surface area contributed by atoms with Crippen LogP contribution in [0.25, 0.3) is 10.9 Å². The van der Waals surface area contributed by atoms with Gasteiger partial charge in [-0.15, -0.1) is 0 Å². The van der Waals surface area contributed by atoms with Gasteiger partial charge in [0.1, 0.15) is 0 Å². The lowest BCUT2D eigenvalue weighted by Gasteiger charge is -1.96. The van der Waals surface area contributed by atoms with Gasteiger partial charge in [-0.05, 0) is 26.2 Å². The molecule has 0 fully saturated rings. The normalized spacial score (nSPS) is 12.1. The number of benzene rings is 1. The lowest BCUT2D eigenvalue weighted by atomic mass is 10.1. The molecule has 60 valence electrons. The Hall–Kier alpha value is -0.140. The SMILES string of the molecule is Cc1ccc(-c2cp[pH]p2)cc1. The fourth-order valence-corrected chi connectivity index (χ4v) is 6.54. The Morgan fingerprint density at radius 2 is 1.92 bits per heavy atom. The molecule has 0 spiro atoms. The summed E-state index contributed by atoms with van der Waals surface area (Å²) in [4.78, 5) is 0. The first-order chi connectivity index (χ1) is 5.86. The average Bonchev–Trinajstić information content (AvgIpc) is 2.58. The third kappa shape index (κ3) is 1.78. The third-order valence-corrected chi connectivity index (χ3v) is 6.89. The van der Waals surface area contributed by atoms with Gasteiger partial charge in [0.2, 0.25) is 0 Å². The fourth-order valence-electron chi connectivity index (χ4n) is 1.07. The molecule has 2 aromatic rings. The quantitative estimate of drug-likeness (QED) is 0.630. The maximum absolute atomic E-state index is 2.34. The Kier molecular flexibility index (Phi) is 2.62. The van der Waals surface area contributed by atoms with Crippen molar-refractivity contribution in [2.45, 2.75) is 6.92 Å². The van der Waals surface area contributed by atoms with Crippen molar-refractivity contribution < 1.29 is 0 Å². The van der Waals surface area contributed by atoms with E-state index in [1.807, 2.05) is 0 Å². The average molecular weight is 210 g/mol. The number of aryl methyl sites for hydroxylation is 1. The lowest BCUT2D eigenvalue weighted by Crippen LogP contribution is -1.72. The maximum Gasteiger partial charge on any atom is 0.0179 e. The van der Waals surface area contributed by atoms with Crippen molar-refractivity contribution >= 4 is 23.3 Å². The van der Waals surface area contributed by atoms with Crippen LogP contribution in [-0.4, -0.2) is 0 Å². The van der Waals surface area contributed by atoms with Gasteiger partial charge in [-0.1, -0.05) is 45.2 Å². The zero-order valence-electron chi connectivity index (χ0n) is 6.78.